The molecule has 3 aromatic carbocycles. The maximum atomic E-state index is 6.19. The van der Waals surface area contributed by atoms with Crippen molar-refractivity contribution in [3.05, 3.63) is 84.4 Å². The highest BCUT2D eigenvalue weighted by Crippen LogP contribution is 2.27. The van der Waals surface area contributed by atoms with Crippen LogP contribution in [0.15, 0.2) is 78.9 Å². The summed E-state index contributed by atoms with van der Waals surface area (Å²) in [4.78, 5) is 0. The molecule has 0 aliphatic carbocycles. The molecular formula is C21H22N2O2. The summed E-state index contributed by atoms with van der Waals surface area (Å²) in [6, 6.07) is 24.7. The van der Waals surface area contributed by atoms with Gasteiger partial charge in [0, 0.05) is 24.7 Å². The van der Waals surface area contributed by atoms with Crippen LogP contribution in [0, 0.1) is 0 Å². The first-order valence-corrected chi connectivity index (χ1v) is 8.15. The number of ether oxygens (including phenoxy) is 2. The van der Waals surface area contributed by atoms with Crippen molar-refractivity contribution in [3.8, 4) is 11.5 Å². The average molecular weight is 334 g/mol. The van der Waals surface area contributed by atoms with E-state index >= 15 is 0 Å². The van der Waals surface area contributed by atoms with E-state index < -0.39 is 5.79 Å². The standard InChI is InChI=1S/C21H22N2O2/c1-21(15-16-5-3-2-4-6-16,24-19-11-7-17(22)8-12-19)25-20-13-9-18(23)10-14-20/h2-14H,15,22-23H2,1H3. The Morgan fingerprint density at radius 2 is 1.12 bits per heavy atom. The van der Waals surface area contributed by atoms with E-state index in [1.54, 1.807) is 0 Å². The molecule has 0 unspecified atom stereocenters. The largest absolute Gasteiger partial charge is 0.452 e. The highest BCUT2D eigenvalue weighted by molar-refractivity contribution is 5.43. The number of benzene rings is 3. The summed E-state index contributed by atoms with van der Waals surface area (Å²) in [7, 11) is 0. The maximum Gasteiger partial charge on any atom is 0.252 e. The van der Waals surface area contributed by atoms with Gasteiger partial charge in [-0.25, -0.2) is 0 Å². The van der Waals surface area contributed by atoms with E-state index in [-0.39, 0.29) is 0 Å². The molecule has 4 heteroatoms. The van der Waals surface area contributed by atoms with Crippen molar-refractivity contribution in [3.63, 3.8) is 0 Å². The lowest BCUT2D eigenvalue weighted by atomic mass is 10.1. The van der Waals surface area contributed by atoms with Gasteiger partial charge in [0.2, 0.25) is 0 Å². The Morgan fingerprint density at radius 1 is 0.680 bits per heavy atom. The van der Waals surface area contributed by atoms with Crippen molar-refractivity contribution >= 4 is 11.4 Å². The number of nitrogen functional groups attached to an aromatic ring is 2. The van der Waals surface area contributed by atoms with Crippen LogP contribution in [0.3, 0.4) is 0 Å². The Kier molecular flexibility index (Phi) is 4.80. The van der Waals surface area contributed by atoms with E-state index in [1.165, 1.54) is 0 Å². The third-order valence-corrected chi connectivity index (χ3v) is 3.80. The van der Waals surface area contributed by atoms with Crippen LogP contribution in [0.1, 0.15) is 12.5 Å². The van der Waals surface area contributed by atoms with Crippen molar-refractivity contribution in [2.75, 3.05) is 11.5 Å². The second-order valence-corrected chi connectivity index (χ2v) is 6.14. The van der Waals surface area contributed by atoms with E-state index in [4.69, 9.17) is 20.9 Å². The molecular weight excluding hydrogens is 312 g/mol. The molecule has 0 aliphatic heterocycles. The topological polar surface area (TPSA) is 70.5 Å². The molecule has 0 radical (unpaired) electrons. The van der Waals surface area contributed by atoms with Crippen molar-refractivity contribution in [1.82, 2.24) is 0 Å². The highest BCUT2D eigenvalue weighted by atomic mass is 16.7. The van der Waals surface area contributed by atoms with Gasteiger partial charge in [0.15, 0.2) is 0 Å². The molecule has 128 valence electrons. The highest BCUT2D eigenvalue weighted by Gasteiger charge is 2.29. The van der Waals surface area contributed by atoms with Gasteiger partial charge in [-0.05, 0) is 54.1 Å². The Bertz CT molecular complexity index is 752. The van der Waals surface area contributed by atoms with Gasteiger partial charge in [-0.15, -0.1) is 0 Å². The van der Waals surface area contributed by atoms with Gasteiger partial charge in [0.25, 0.3) is 5.79 Å². The van der Waals surface area contributed by atoms with Gasteiger partial charge >= 0.3 is 0 Å². The van der Waals surface area contributed by atoms with Crippen LogP contribution in [-0.4, -0.2) is 5.79 Å². The van der Waals surface area contributed by atoms with Gasteiger partial charge in [-0.3, -0.25) is 0 Å². The number of nitrogens with two attached hydrogens (primary N) is 2. The van der Waals surface area contributed by atoms with Crippen LogP contribution in [-0.2, 0) is 6.42 Å². The molecule has 4 nitrogen and oxygen atoms in total. The first-order chi connectivity index (χ1) is 12.0. The minimum atomic E-state index is -0.881. The zero-order valence-electron chi connectivity index (χ0n) is 14.2. The Morgan fingerprint density at radius 3 is 1.56 bits per heavy atom. The third kappa shape index (κ3) is 4.67. The summed E-state index contributed by atoms with van der Waals surface area (Å²) in [5.74, 6) is 0.513. The summed E-state index contributed by atoms with van der Waals surface area (Å²) >= 11 is 0. The fourth-order valence-corrected chi connectivity index (χ4v) is 2.63. The first-order valence-electron chi connectivity index (χ1n) is 8.15. The zero-order valence-corrected chi connectivity index (χ0v) is 14.2. The van der Waals surface area contributed by atoms with Crippen molar-refractivity contribution in [2.45, 2.75) is 19.1 Å². The predicted octanol–water partition coefficient (Wildman–Crippen LogP) is 4.27. The molecule has 0 aliphatic rings. The molecule has 0 fully saturated rings. The van der Waals surface area contributed by atoms with Crippen LogP contribution in [0.5, 0.6) is 11.5 Å². The lowest BCUT2D eigenvalue weighted by Gasteiger charge is -2.31. The van der Waals surface area contributed by atoms with Crippen LogP contribution in [0.25, 0.3) is 0 Å². The Hall–Kier alpha value is -3.14. The summed E-state index contributed by atoms with van der Waals surface area (Å²) in [5, 5.41) is 0. The molecule has 3 rings (SSSR count). The summed E-state index contributed by atoms with van der Waals surface area (Å²) in [6.07, 6.45) is 0.586. The van der Waals surface area contributed by atoms with Crippen molar-refractivity contribution in [1.29, 1.82) is 0 Å². The summed E-state index contributed by atoms with van der Waals surface area (Å²) in [6.45, 7) is 1.92. The molecule has 0 saturated carbocycles. The van der Waals surface area contributed by atoms with Crippen molar-refractivity contribution in [2.24, 2.45) is 0 Å². The minimum Gasteiger partial charge on any atom is -0.452 e. The fourth-order valence-electron chi connectivity index (χ4n) is 2.63. The molecule has 0 atom stereocenters. The number of hydrogen-bond acceptors (Lipinski definition) is 4. The lowest BCUT2D eigenvalue weighted by molar-refractivity contribution is -0.0966. The molecule has 4 N–H and O–H groups in total. The smallest absolute Gasteiger partial charge is 0.252 e. The predicted molar refractivity (Wildman–Crippen MR) is 102 cm³/mol. The summed E-state index contributed by atoms with van der Waals surface area (Å²) < 4.78 is 12.4. The van der Waals surface area contributed by atoms with E-state index in [0.717, 1.165) is 5.56 Å². The number of hydrogen-bond donors (Lipinski definition) is 2. The van der Waals surface area contributed by atoms with Gasteiger partial charge in [-0.1, -0.05) is 30.3 Å². The van der Waals surface area contributed by atoms with Gasteiger partial charge in [-0.2, -0.15) is 0 Å². The van der Waals surface area contributed by atoms with E-state index in [9.17, 15) is 0 Å². The monoisotopic (exact) mass is 334 g/mol. The van der Waals surface area contributed by atoms with Gasteiger partial charge in [0.05, 0.1) is 0 Å². The molecule has 0 heterocycles. The quantitative estimate of drug-likeness (QED) is 0.522. The summed E-state index contributed by atoms with van der Waals surface area (Å²) in [5.41, 5.74) is 14.0. The van der Waals surface area contributed by atoms with E-state index in [0.29, 0.717) is 29.3 Å². The second-order valence-electron chi connectivity index (χ2n) is 6.14. The molecule has 0 aromatic heterocycles. The second kappa shape index (κ2) is 7.18. The van der Waals surface area contributed by atoms with Crippen molar-refractivity contribution < 1.29 is 9.47 Å². The minimum absolute atomic E-state index is 0.586. The molecule has 3 aromatic rings. The molecule has 0 amide bonds. The van der Waals surface area contributed by atoms with Crippen LogP contribution in [0.2, 0.25) is 0 Å². The SMILES string of the molecule is CC(Cc1ccccc1)(Oc1ccc(N)cc1)Oc1ccc(N)cc1. The maximum absolute atomic E-state index is 6.19. The lowest BCUT2D eigenvalue weighted by Crippen LogP contribution is -2.41. The van der Waals surface area contributed by atoms with E-state index in [1.807, 2.05) is 73.7 Å². The fraction of sp³-hybridized carbons (Fsp3) is 0.143. The number of anilines is 2. The molecule has 0 saturated heterocycles. The van der Waals surface area contributed by atoms with Crippen LogP contribution < -0.4 is 20.9 Å². The zero-order chi connectivity index (χ0) is 17.7. The molecule has 0 bridgehead atoms. The van der Waals surface area contributed by atoms with Crippen LogP contribution >= 0.6 is 0 Å². The Labute approximate surface area is 148 Å². The Balaban J connectivity index is 1.86. The number of rotatable bonds is 6. The van der Waals surface area contributed by atoms with Gasteiger partial charge < -0.3 is 20.9 Å². The van der Waals surface area contributed by atoms with Crippen LogP contribution in [0.4, 0.5) is 11.4 Å². The third-order valence-electron chi connectivity index (χ3n) is 3.80. The normalized spacial score (nSPS) is 11.1. The van der Waals surface area contributed by atoms with E-state index in [2.05, 4.69) is 12.1 Å². The first kappa shape index (κ1) is 16.7. The average Bonchev–Trinajstić information content (AvgIpc) is 2.60. The van der Waals surface area contributed by atoms with Gasteiger partial charge in [0.1, 0.15) is 11.5 Å². The molecule has 0 spiro atoms. The molecule has 25 heavy (non-hydrogen) atoms.